The van der Waals surface area contributed by atoms with Gasteiger partial charge in [-0.3, -0.25) is 9.69 Å². The van der Waals surface area contributed by atoms with Crippen LogP contribution in [0.2, 0.25) is 0 Å². The maximum Gasteiger partial charge on any atom is 0.265 e. The maximum atomic E-state index is 13.2. The molecule has 0 spiro atoms. The van der Waals surface area contributed by atoms with Gasteiger partial charge in [0.05, 0.1) is 10.7 Å². The number of likely N-dealkylation sites (tertiary alicyclic amines) is 1. The molecule has 2 aromatic heterocycles. The third-order valence-corrected chi connectivity index (χ3v) is 7.45. The van der Waals surface area contributed by atoms with Crippen LogP contribution in [0.25, 0.3) is 0 Å². The number of pyridine rings is 1. The standard InChI is InChI=1S/C24H35N5OS/c1-18(2)15-22-26-19(3)23(31-22)24(30)29-10-6-7-20(17-29)16-27-11-13-28(14-12-27)21-8-4-5-9-25-21/h4-5,8-9,18,20H,6-7,10-17H2,1-3H3. The number of carbonyl (C=O) groups is 1. The summed E-state index contributed by atoms with van der Waals surface area (Å²) in [5.41, 5.74) is 0.901. The van der Waals surface area contributed by atoms with E-state index in [-0.39, 0.29) is 5.91 Å². The molecule has 7 heteroatoms. The zero-order valence-corrected chi connectivity index (χ0v) is 19.9. The van der Waals surface area contributed by atoms with Crippen molar-refractivity contribution in [2.24, 2.45) is 11.8 Å². The molecule has 6 nitrogen and oxygen atoms in total. The highest BCUT2D eigenvalue weighted by atomic mass is 32.1. The Kier molecular flexibility index (Phi) is 7.23. The smallest absolute Gasteiger partial charge is 0.265 e. The van der Waals surface area contributed by atoms with E-state index in [1.165, 1.54) is 6.42 Å². The summed E-state index contributed by atoms with van der Waals surface area (Å²) in [6, 6.07) is 6.11. The van der Waals surface area contributed by atoms with Crippen molar-refractivity contribution in [1.29, 1.82) is 0 Å². The zero-order chi connectivity index (χ0) is 21.8. The Bertz CT molecular complexity index is 860. The molecule has 0 N–H and O–H groups in total. The molecular weight excluding hydrogens is 406 g/mol. The van der Waals surface area contributed by atoms with Gasteiger partial charge in [-0.2, -0.15) is 0 Å². The molecule has 0 saturated carbocycles. The van der Waals surface area contributed by atoms with Crippen molar-refractivity contribution in [3.8, 4) is 0 Å². The third-order valence-electron chi connectivity index (χ3n) is 6.29. The molecule has 2 saturated heterocycles. The van der Waals surface area contributed by atoms with Gasteiger partial charge in [0.1, 0.15) is 10.7 Å². The van der Waals surface area contributed by atoms with Gasteiger partial charge >= 0.3 is 0 Å². The van der Waals surface area contributed by atoms with Crippen LogP contribution in [0.15, 0.2) is 24.4 Å². The number of aryl methyl sites for hydroxylation is 1. The van der Waals surface area contributed by atoms with Gasteiger partial charge in [0, 0.05) is 58.4 Å². The van der Waals surface area contributed by atoms with Gasteiger partial charge in [0.25, 0.3) is 5.91 Å². The topological polar surface area (TPSA) is 52.6 Å². The van der Waals surface area contributed by atoms with Gasteiger partial charge in [0.2, 0.25) is 0 Å². The molecule has 4 heterocycles. The van der Waals surface area contributed by atoms with Crippen LogP contribution < -0.4 is 4.90 Å². The second kappa shape index (κ2) is 10.1. The summed E-state index contributed by atoms with van der Waals surface area (Å²) < 4.78 is 0. The summed E-state index contributed by atoms with van der Waals surface area (Å²) in [5, 5.41) is 1.09. The minimum atomic E-state index is 0.190. The van der Waals surface area contributed by atoms with Crippen molar-refractivity contribution in [3.05, 3.63) is 40.0 Å². The van der Waals surface area contributed by atoms with E-state index in [0.29, 0.717) is 11.8 Å². The first-order valence-electron chi connectivity index (χ1n) is 11.6. The number of nitrogens with zero attached hydrogens (tertiary/aromatic N) is 5. The first-order valence-corrected chi connectivity index (χ1v) is 12.4. The summed E-state index contributed by atoms with van der Waals surface area (Å²) >= 11 is 1.60. The highest BCUT2D eigenvalue weighted by Gasteiger charge is 2.29. The third kappa shape index (κ3) is 5.63. The summed E-state index contributed by atoms with van der Waals surface area (Å²) in [6.45, 7) is 13.4. The monoisotopic (exact) mass is 441 g/mol. The SMILES string of the molecule is Cc1nc(CC(C)C)sc1C(=O)N1CCCC(CN2CCN(c3ccccn3)CC2)C1. The minimum absolute atomic E-state index is 0.190. The minimum Gasteiger partial charge on any atom is -0.354 e. The molecule has 4 rings (SSSR count). The van der Waals surface area contributed by atoms with E-state index in [9.17, 15) is 4.79 Å². The summed E-state index contributed by atoms with van der Waals surface area (Å²) in [5.74, 6) is 2.39. The predicted molar refractivity (Wildman–Crippen MR) is 127 cm³/mol. The second-order valence-electron chi connectivity index (χ2n) is 9.36. The van der Waals surface area contributed by atoms with Crippen molar-refractivity contribution in [1.82, 2.24) is 19.8 Å². The van der Waals surface area contributed by atoms with Crippen molar-refractivity contribution in [2.45, 2.75) is 40.0 Å². The van der Waals surface area contributed by atoms with Crippen molar-refractivity contribution in [2.75, 3.05) is 50.7 Å². The Labute approximate surface area is 190 Å². The Morgan fingerprint density at radius 1 is 1.19 bits per heavy atom. The quantitative estimate of drug-likeness (QED) is 0.684. The second-order valence-corrected chi connectivity index (χ2v) is 10.4. The summed E-state index contributed by atoms with van der Waals surface area (Å²) in [6.07, 6.45) is 5.13. The van der Waals surface area contributed by atoms with Crippen LogP contribution in [-0.4, -0.2) is 71.5 Å². The lowest BCUT2D eigenvalue weighted by atomic mass is 9.97. The Balaban J connectivity index is 1.30. The Morgan fingerprint density at radius 2 is 2.00 bits per heavy atom. The number of hydrogen-bond acceptors (Lipinski definition) is 6. The van der Waals surface area contributed by atoms with Crippen LogP contribution >= 0.6 is 11.3 Å². The number of thiazole rings is 1. The van der Waals surface area contributed by atoms with E-state index >= 15 is 0 Å². The zero-order valence-electron chi connectivity index (χ0n) is 19.1. The van der Waals surface area contributed by atoms with Gasteiger partial charge in [-0.1, -0.05) is 19.9 Å². The molecule has 2 aliphatic rings. The molecule has 2 aromatic rings. The van der Waals surface area contributed by atoms with Crippen LogP contribution in [0.4, 0.5) is 5.82 Å². The lowest BCUT2D eigenvalue weighted by molar-refractivity contribution is 0.0641. The lowest BCUT2D eigenvalue weighted by Gasteiger charge is -2.39. The number of amides is 1. The van der Waals surface area contributed by atoms with Gasteiger partial charge in [0.15, 0.2) is 0 Å². The molecule has 1 atom stereocenters. The van der Waals surface area contributed by atoms with E-state index in [2.05, 4.69) is 50.6 Å². The molecule has 0 aliphatic carbocycles. The Hall–Kier alpha value is -1.99. The van der Waals surface area contributed by atoms with Crippen molar-refractivity contribution >= 4 is 23.1 Å². The first kappa shape index (κ1) is 22.2. The number of anilines is 1. The predicted octanol–water partition coefficient (Wildman–Crippen LogP) is 3.72. The number of piperidine rings is 1. The molecule has 0 radical (unpaired) electrons. The number of rotatable bonds is 6. The van der Waals surface area contributed by atoms with E-state index in [1.54, 1.807) is 11.3 Å². The molecule has 2 fully saturated rings. The Morgan fingerprint density at radius 3 is 2.71 bits per heavy atom. The largest absolute Gasteiger partial charge is 0.354 e. The highest BCUT2D eigenvalue weighted by Crippen LogP contribution is 2.26. The molecule has 31 heavy (non-hydrogen) atoms. The number of aromatic nitrogens is 2. The maximum absolute atomic E-state index is 13.2. The number of carbonyl (C=O) groups excluding carboxylic acids is 1. The number of piperazine rings is 1. The van der Waals surface area contributed by atoms with Gasteiger partial charge < -0.3 is 9.80 Å². The average Bonchev–Trinajstić information content (AvgIpc) is 3.13. The molecular formula is C24H35N5OS. The summed E-state index contributed by atoms with van der Waals surface area (Å²) in [7, 11) is 0. The first-order chi connectivity index (χ1) is 15.0. The van der Waals surface area contributed by atoms with E-state index in [1.807, 2.05) is 19.2 Å². The molecule has 168 valence electrons. The van der Waals surface area contributed by atoms with E-state index < -0.39 is 0 Å². The van der Waals surface area contributed by atoms with Gasteiger partial charge in [-0.15, -0.1) is 11.3 Å². The number of hydrogen-bond donors (Lipinski definition) is 0. The molecule has 1 amide bonds. The molecule has 0 bridgehead atoms. The van der Waals surface area contributed by atoms with Crippen LogP contribution in [0.5, 0.6) is 0 Å². The normalized spacial score (nSPS) is 20.5. The fraction of sp³-hybridized carbons (Fsp3) is 0.625. The van der Waals surface area contributed by atoms with Crippen LogP contribution in [0.3, 0.4) is 0 Å². The van der Waals surface area contributed by atoms with Gasteiger partial charge in [-0.25, -0.2) is 9.97 Å². The molecule has 1 unspecified atom stereocenters. The molecule has 2 aliphatic heterocycles. The van der Waals surface area contributed by atoms with Crippen molar-refractivity contribution in [3.63, 3.8) is 0 Å². The molecule has 0 aromatic carbocycles. The fourth-order valence-electron chi connectivity index (χ4n) is 4.69. The lowest BCUT2D eigenvalue weighted by Crippen LogP contribution is -2.50. The van der Waals surface area contributed by atoms with Crippen LogP contribution in [0, 0.1) is 18.8 Å². The fourth-order valence-corrected chi connectivity index (χ4v) is 5.94. The van der Waals surface area contributed by atoms with Crippen LogP contribution in [0.1, 0.15) is 47.1 Å². The highest BCUT2D eigenvalue weighted by molar-refractivity contribution is 7.13. The van der Waals surface area contributed by atoms with Crippen molar-refractivity contribution < 1.29 is 4.79 Å². The van der Waals surface area contributed by atoms with Gasteiger partial charge in [-0.05, 0) is 43.7 Å². The van der Waals surface area contributed by atoms with Crippen LogP contribution in [-0.2, 0) is 6.42 Å². The summed E-state index contributed by atoms with van der Waals surface area (Å²) in [4.78, 5) is 30.2. The van der Waals surface area contributed by atoms with E-state index in [4.69, 9.17) is 0 Å². The average molecular weight is 442 g/mol. The van der Waals surface area contributed by atoms with E-state index in [0.717, 1.165) is 80.1 Å².